The van der Waals surface area contributed by atoms with E-state index in [0.29, 0.717) is 10.6 Å². The number of halogens is 3. The van der Waals surface area contributed by atoms with Gasteiger partial charge in [0, 0.05) is 15.1 Å². The number of carbonyl (C=O) groups is 2. The molecule has 2 rings (SSSR count). The fourth-order valence-corrected chi connectivity index (χ4v) is 3.47. The summed E-state index contributed by atoms with van der Waals surface area (Å²) in [7, 11) is 0. The quantitative estimate of drug-likeness (QED) is 0.587. The van der Waals surface area contributed by atoms with Crippen molar-refractivity contribution in [3.63, 3.8) is 0 Å². The van der Waals surface area contributed by atoms with Crippen molar-refractivity contribution in [3.05, 3.63) is 41.6 Å². The molecule has 2 amide bonds. The number of aromatic amines is 1. The average Bonchev–Trinajstić information content (AvgIpc) is 2.93. The van der Waals surface area contributed by atoms with Gasteiger partial charge in [-0.15, -0.1) is 11.3 Å². The van der Waals surface area contributed by atoms with Gasteiger partial charge in [0.25, 0.3) is 11.8 Å². The number of aromatic nitrogens is 1. The Labute approximate surface area is 137 Å². The van der Waals surface area contributed by atoms with Crippen LogP contribution >= 0.6 is 59.1 Å². The Morgan fingerprint density at radius 2 is 1.79 bits per heavy atom. The zero-order chi connectivity index (χ0) is 14.0. The first-order chi connectivity index (χ1) is 8.97. The molecule has 0 saturated heterocycles. The molecule has 0 unspecified atom stereocenters. The fourth-order valence-electron chi connectivity index (χ4n) is 1.20. The molecule has 0 aliphatic carbocycles. The van der Waals surface area contributed by atoms with E-state index in [1.54, 1.807) is 18.3 Å². The van der Waals surface area contributed by atoms with Crippen LogP contribution in [0.3, 0.4) is 0 Å². The van der Waals surface area contributed by atoms with E-state index >= 15 is 0 Å². The van der Waals surface area contributed by atoms with Gasteiger partial charge in [0.15, 0.2) is 0 Å². The van der Waals surface area contributed by atoms with Crippen molar-refractivity contribution in [1.82, 2.24) is 15.8 Å². The number of rotatable bonds is 2. The summed E-state index contributed by atoms with van der Waals surface area (Å²) < 4.78 is 2.37. The first-order valence-corrected chi connectivity index (χ1v) is 8.06. The Hall–Kier alpha value is -0.640. The number of hydrogen-bond acceptors (Lipinski definition) is 3. The predicted molar refractivity (Wildman–Crippen MR) is 83.1 cm³/mol. The zero-order valence-corrected chi connectivity index (χ0v) is 14.7. The predicted octanol–water partition coefficient (Wildman–Crippen LogP) is 3.44. The van der Waals surface area contributed by atoms with Gasteiger partial charge in [0.05, 0.1) is 8.66 Å². The van der Waals surface area contributed by atoms with Crippen LogP contribution in [0.1, 0.15) is 20.2 Å². The number of hydrazine groups is 1. The second-order valence-corrected chi connectivity index (χ2v) is 7.51. The highest BCUT2D eigenvalue weighted by atomic mass is 79.9. The Morgan fingerprint density at radius 3 is 2.32 bits per heavy atom. The third-order valence-corrected chi connectivity index (χ3v) is 5.76. The lowest BCUT2D eigenvalue weighted by molar-refractivity contribution is 0.0846. The van der Waals surface area contributed by atoms with Crippen LogP contribution in [0.5, 0.6) is 0 Å². The molecule has 9 heteroatoms. The zero-order valence-electron chi connectivity index (χ0n) is 9.09. The molecule has 2 aromatic heterocycles. The van der Waals surface area contributed by atoms with Crippen molar-refractivity contribution in [2.24, 2.45) is 0 Å². The maximum Gasteiger partial charge on any atom is 0.286 e. The van der Waals surface area contributed by atoms with E-state index in [1.165, 1.54) is 11.3 Å². The van der Waals surface area contributed by atoms with Gasteiger partial charge < -0.3 is 4.98 Å². The van der Waals surface area contributed by atoms with E-state index in [-0.39, 0.29) is 5.91 Å². The van der Waals surface area contributed by atoms with E-state index in [1.807, 2.05) is 0 Å². The van der Waals surface area contributed by atoms with Crippen molar-refractivity contribution in [2.75, 3.05) is 0 Å². The molecule has 0 aromatic carbocycles. The molecule has 5 nitrogen and oxygen atoms in total. The van der Waals surface area contributed by atoms with Gasteiger partial charge in [-0.05, 0) is 59.9 Å². The van der Waals surface area contributed by atoms with Crippen molar-refractivity contribution < 1.29 is 9.59 Å². The van der Waals surface area contributed by atoms with Crippen molar-refractivity contribution in [2.45, 2.75) is 0 Å². The van der Waals surface area contributed by atoms with Crippen LogP contribution in [0.15, 0.2) is 31.1 Å². The summed E-state index contributed by atoms with van der Waals surface area (Å²) in [6.07, 6.45) is 1.63. The largest absolute Gasteiger partial charge is 0.356 e. The van der Waals surface area contributed by atoms with Crippen molar-refractivity contribution in [3.8, 4) is 0 Å². The number of hydrogen-bond donors (Lipinski definition) is 3. The molecule has 0 atom stereocenters. The standard InChI is InChI=1S/C10H6Br3N3O2S/c11-4-1-6(14-3-4)9(17)15-16-10(18)7-2-5(12)8(13)19-7/h1-3,14H,(H,15,17)(H,16,18). The molecule has 19 heavy (non-hydrogen) atoms. The first-order valence-electron chi connectivity index (χ1n) is 4.87. The summed E-state index contributed by atoms with van der Waals surface area (Å²) in [6, 6.07) is 3.28. The van der Waals surface area contributed by atoms with Crippen LogP contribution in [-0.2, 0) is 0 Å². The first kappa shape index (κ1) is 14.8. The van der Waals surface area contributed by atoms with Crippen LogP contribution in [0.25, 0.3) is 0 Å². The Bertz CT molecular complexity index is 618. The van der Waals surface area contributed by atoms with Gasteiger partial charge in [-0.25, -0.2) is 0 Å². The van der Waals surface area contributed by atoms with Crippen LogP contribution in [0, 0.1) is 0 Å². The minimum absolute atomic E-state index is 0.348. The van der Waals surface area contributed by atoms with E-state index in [9.17, 15) is 9.59 Å². The van der Waals surface area contributed by atoms with Gasteiger partial charge in [-0.2, -0.15) is 0 Å². The molecule has 0 spiro atoms. The maximum absolute atomic E-state index is 11.8. The SMILES string of the molecule is O=C(NNC(=O)c1cc(Br)c(Br)s1)c1cc(Br)c[nH]1. The molecule has 0 aliphatic rings. The lowest BCUT2D eigenvalue weighted by Gasteiger charge is -2.04. The summed E-state index contributed by atoms with van der Waals surface area (Å²) in [4.78, 5) is 26.7. The molecule has 0 radical (unpaired) electrons. The van der Waals surface area contributed by atoms with Crippen LogP contribution < -0.4 is 10.9 Å². The summed E-state index contributed by atoms with van der Waals surface area (Å²) in [5.74, 6) is -0.802. The summed E-state index contributed by atoms with van der Waals surface area (Å²) in [5, 5.41) is 0. The van der Waals surface area contributed by atoms with Crippen molar-refractivity contribution >= 4 is 70.9 Å². The number of thiophene rings is 1. The van der Waals surface area contributed by atoms with Crippen LogP contribution in [0.4, 0.5) is 0 Å². The number of H-pyrrole nitrogens is 1. The molecule has 0 fully saturated rings. The highest BCUT2D eigenvalue weighted by Crippen LogP contribution is 2.32. The van der Waals surface area contributed by atoms with Crippen LogP contribution in [0.2, 0.25) is 0 Å². The Morgan fingerprint density at radius 1 is 1.11 bits per heavy atom. The van der Waals surface area contributed by atoms with E-state index in [2.05, 4.69) is 63.6 Å². The summed E-state index contributed by atoms with van der Waals surface area (Å²) >= 11 is 11.1. The number of carbonyl (C=O) groups excluding carboxylic acids is 2. The minimum Gasteiger partial charge on any atom is -0.356 e. The van der Waals surface area contributed by atoms with E-state index < -0.39 is 5.91 Å². The lowest BCUT2D eigenvalue weighted by Crippen LogP contribution is -2.41. The van der Waals surface area contributed by atoms with Gasteiger partial charge in [-0.1, -0.05) is 0 Å². The van der Waals surface area contributed by atoms with Crippen LogP contribution in [-0.4, -0.2) is 16.8 Å². The van der Waals surface area contributed by atoms with E-state index in [0.717, 1.165) is 12.7 Å². The molecule has 0 bridgehead atoms. The van der Waals surface area contributed by atoms with Gasteiger partial charge in [0.2, 0.25) is 0 Å². The maximum atomic E-state index is 11.8. The summed E-state index contributed by atoms with van der Waals surface area (Å²) in [5.41, 5.74) is 5.01. The summed E-state index contributed by atoms with van der Waals surface area (Å²) in [6.45, 7) is 0. The number of nitrogens with one attached hydrogen (secondary N) is 3. The fraction of sp³-hybridized carbons (Fsp3) is 0. The van der Waals surface area contributed by atoms with Gasteiger partial charge in [0.1, 0.15) is 5.69 Å². The highest BCUT2D eigenvalue weighted by molar-refractivity contribution is 9.13. The second kappa shape index (κ2) is 6.21. The normalized spacial score (nSPS) is 10.3. The minimum atomic E-state index is -0.422. The third kappa shape index (κ3) is 3.68. The molecule has 0 aliphatic heterocycles. The molecule has 2 heterocycles. The molecule has 3 N–H and O–H groups in total. The Kier molecular flexibility index (Phi) is 4.82. The number of amides is 2. The molecule has 100 valence electrons. The Balaban J connectivity index is 1.95. The molecule has 0 saturated carbocycles. The molecular weight excluding hydrogens is 466 g/mol. The molecule has 2 aromatic rings. The third-order valence-electron chi connectivity index (χ3n) is 2.05. The average molecular weight is 472 g/mol. The lowest BCUT2D eigenvalue weighted by atomic mass is 10.4. The van der Waals surface area contributed by atoms with E-state index in [4.69, 9.17) is 0 Å². The monoisotopic (exact) mass is 469 g/mol. The highest BCUT2D eigenvalue weighted by Gasteiger charge is 2.14. The van der Waals surface area contributed by atoms with Gasteiger partial charge in [-0.3, -0.25) is 20.4 Å². The smallest absolute Gasteiger partial charge is 0.286 e. The topological polar surface area (TPSA) is 74.0 Å². The second-order valence-electron chi connectivity index (χ2n) is 3.37. The molecular formula is C10H6Br3N3O2S. The van der Waals surface area contributed by atoms with Gasteiger partial charge >= 0.3 is 0 Å². The van der Waals surface area contributed by atoms with Crippen molar-refractivity contribution in [1.29, 1.82) is 0 Å².